The van der Waals surface area contributed by atoms with Gasteiger partial charge in [0.1, 0.15) is 48.8 Å². The number of benzene rings is 6. The van der Waals surface area contributed by atoms with Gasteiger partial charge in [-0.15, -0.1) is 0 Å². The second-order valence-corrected chi connectivity index (χ2v) is 24.9. The van der Waals surface area contributed by atoms with Crippen molar-refractivity contribution in [2.24, 2.45) is 0 Å². The van der Waals surface area contributed by atoms with Crippen LogP contribution in [0, 0.1) is 0 Å². The Kier molecular flexibility index (Phi) is 26.8. The predicted octanol–water partition coefficient (Wildman–Crippen LogP) is 12.3. The van der Waals surface area contributed by atoms with Gasteiger partial charge in [0.15, 0.2) is 5.79 Å². The summed E-state index contributed by atoms with van der Waals surface area (Å²) < 4.78 is 63.3. The molecular formula is C66H84O11Sn. The molecule has 0 unspecified atom stereocenters. The van der Waals surface area contributed by atoms with Gasteiger partial charge in [-0.1, -0.05) is 182 Å². The molecule has 10 atom stereocenters. The zero-order chi connectivity index (χ0) is 54.6. The molecule has 11 nitrogen and oxygen atoms in total. The molecule has 0 amide bonds. The topological polar surface area (TPSA) is 124 Å². The molecule has 2 aliphatic rings. The van der Waals surface area contributed by atoms with Crippen molar-refractivity contribution in [3.05, 3.63) is 215 Å². The summed E-state index contributed by atoms with van der Waals surface area (Å²) in [7, 11) is 0. The van der Waals surface area contributed by atoms with Crippen molar-refractivity contribution < 1.29 is 52.8 Å². The van der Waals surface area contributed by atoms with Gasteiger partial charge in [0.05, 0.1) is 65.1 Å². The molecule has 418 valence electrons. The average Bonchev–Trinajstić information content (AvgIpc) is 3.91. The molecule has 6 aromatic carbocycles. The van der Waals surface area contributed by atoms with E-state index in [1.165, 1.54) is 25.7 Å². The van der Waals surface area contributed by atoms with E-state index in [4.69, 9.17) is 42.6 Å². The molecule has 78 heavy (non-hydrogen) atoms. The standard InChI is InChI=1S/C58H66O11.2C4H9.Sn/c1-58(2)67-41-51(69-58)55(64-37-45-27-15-6-16-28-45)56(65-38-46-29-17-7-18-30-46)52(60)48(59)33-49-53(62-35-43-23-11-4-12-24-43)57(66-39-47-31-19-8-20-32-47)54(63-36-44-25-13-5-14-26-44)50(68-49)40-61-34-42-21-9-3-10-22-42;2*1-3-4-2;/h3-32,48-57,59-60H,33-41H2,1-2H3;2*1,3-4H2,2H3;/t48-,49-,50-,51+,52-,53+,54-,55-,56-,57-;;;/m1.../s1. The molecule has 0 aliphatic carbocycles. The Labute approximate surface area is 475 Å². The second kappa shape index (κ2) is 34.1. The van der Waals surface area contributed by atoms with Gasteiger partial charge in [-0.3, -0.25) is 0 Å². The first kappa shape index (κ1) is 61.3. The predicted molar refractivity (Wildman–Crippen MR) is 307 cm³/mol. The van der Waals surface area contributed by atoms with Gasteiger partial charge < -0.3 is 52.8 Å². The first-order valence-corrected chi connectivity index (χ1v) is 32.2. The summed E-state index contributed by atoms with van der Waals surface area (Å²) in [6, 6.07) is 59.3. The van der Waals surface area contributed by atoms with Gasteiger partial charge in [-0.25, -0.2) is 0 Å². The molecule has 0 spiro atoms. The molecular weight excluding hydrogens is 1090 g/mol. The minimum atomic E-state index is -1.50. The van der Waals surface area contributed by atoms with Crippen molar-refractivity contribution in [3.63, 3.8) is 0 Å². The van der Waals surface area contributed by atoms with Gasteiger partial charge in [0, 0.05) is 6.42 Å². The van der Waals surface area contributed by atoms with Crippen LogP contribution in [0.4, 0.5) is 0 Å². The minimum absolute atomic E-state index is 0.0729. The maximum absolute atomic E-state index is 12.6. The molecule has 0 saturated carbocycles. The number of rotatable bonds is 31. The Morgan fingerprint density at radius 2 is 0.910 bits per heavy atom. The van der Waals surface area contributed by atoms with E-state index in [1.807, 2.05) is 196 Å². The first-order valence-electron chi connectivity index (χ1n) is 28.1. The second-order valence-electron chi connectivity index (χ2n) is 20.6. The normalized spacial score (nSPS) is 21.5. The van der Waals surface area contributed by atoms with Crippen molar-refractivity contribution in [1.82, 2.24) is 0 Å². The summed E-state index contributed by atoms with van der Waals surface area (Å²) in [6.45, 7) is 10.0. The number of ether oxygens (including phenoxy) is 9. The van der Waals surface area contributed by atoms with Crippen LogP contribution >= 0.6 is 0 Å². The average molecular weight is 1170 g/mol. The Balaban J connectivity index is 0.000000899. The zero-order valence-corrected chi connectivity index (χ0v) is 49.1. The van der Waals surface area contributed by atoms with Crippen LogP contribution in [0.15, 0.2) is 182 Å². The van der Waals surface area contributed by atoms with Crippen molar-refractivity contribution in [2.45, 2.75) is 175 Å². The van der Waals surface area contributed by atoms with Gasteiger partial charge in [-0.05, 0) is 47.2 Å². The Bertz CT molecular complexity index is 2450. The van der Waals surface area contributed by atoms with Gasteiger partial charge >= 0.3 is 69.5 Å². The molecule has 2 aliphatic heterocycles. The quantitative estimate of drug-likeness (QED) is 0.0319. The third-order valence-corrected chi connectivity index (χ3v) is 17.9. The van der Waals surface area contributed by atoms with Crippen LogP contribution in [-0.2, 0) is 82.3 Å². The fourth-order valence-electron chi connectivity index (χ4n) is 9.61. The van der Waals surface area contributed by atoms with E-state index in [2.05, 4.69) is 13.8 Å². The molecule has 12 heteroatoms. The number of hydrogen-bond acceptors (Lipinski definition) is 11. The van der Waals surface area contributed by atoms with E-state index in [0.717, 1.165) is 33.4 Å². The van der Waals surface area contributed by atoms with Crippen LogP contribution in [0.2, 0.25) is 8.87 Å². The molecule has 0 bridgehead atoms. The Hall–Kier alpha value is -4.32. The zero-order valence-electron chi connectivity index (χ0n) is 46.3. The monoisotopic (exact) mass is 1170 g/mol. The number of aliphatic hydroxyl groups is 2. The SMILES string of the molecule is CC1(C)OC[C@@H]([C@@H](OCc2ccccc2)[C@H](OCc2ccccc2)[C@H](O)[C@H](O)C[C@H]2O[C@H](COCc3ccccc3)[C@@H](OCc3ccccc3)[C@H](OCc3ccccc3)[C@H]2OCc2ccccc2)O1.CCC[CH2][Sn][CH2]CCC. The van der Waals surface area contributed by atoms with Crippen LogP contribution in [0.1, 0.15) is 93.2 Å². The molecule has 2 fully saturated rings. The van der Waals surface area contributed by atoms with E-state index in [-0.39, 0.29) is 73.8 Å². The van der Waals surface area contributed by atoms with Crippen LogP contribution in [0.5, 0.6) is 0 Å². The van der Waals surface area contributed by atoms with Crippen LogP contribution in [0.3, 0.4) is 0 Å². The molecule has 8 rings (SSSR count). The van der Waals surface area contributed by atoms with Crippen molar-refractivity contribution >= 4 is 21.1 Å². The number of aliphatic hydroxyl groups excluding tert-OH is 2. The fraction of sp³-hybridized carbons (Fsp3) is 0.455. The molecule has 0 aromatic heterocycles. The fourth-order valence-corrected chi connectivity index (χ4v) is 13.8. The third kappa shape index (κ3) is 20.7. The number of unbranched alkanes of at least 4 members (excludes halogenated alkanes) is 2. The number of hydrogen-bond donors (Lipinski definition) is 2. The molecule has 6 aromatic rings. The molecule has 2 radical (unpaired) electrons. The van der Waals surface area contributed by atoms with E-state index in [0.29, 0.717) is 6.61 Å². The summed E-state index contributed by atoms with van der Waals surface area (Å²) in [5, 5.41) is 25.2. The summed E-state index contributed by atoms with van der Waals surface area (Å²) in [6.07, 6.45) is -3.43. The van der Waals surface area contributed by atoms with Crippen LogP contribution < -0.4 is 0 Å². The summed E-state index contributed by atoms with van der Waals surface area (Å²) >= 11 is 0.149. The van der Waals surface area contributed by atoms with Crippen LogP contribution in [-0.4, -0.2) is 111 Å². The van der Waals surface area contributed by atoms with Gasteiger partial charge in [0.2, 0.25) is 0 Å². The first-order chi connectivity index (χ1) is 38.2. The Morgan fingerprint density at radius 1 is 0.513 bits per heavy atom. The van der Waals surface area contributed by atoms with E-state index < -0.39 is 66.8 Å². The summed E-state index contributed by atoms with van der Waals surface area (Å²) in [5.41, 5.74) is 5.73. The maximum atomic E-state index is 12.6. The van der Waals surface area contributed by atoms with Crippen molar-refractivity contribution in [1.29, 1.82) is 0 Å². The van der Waals surface area contributed by atoms with Crippen LogP contribution in [0.25, 0.3) is 0 Å². The van der Waals surface area contributed by atoms with Gasteiger partial charge in [0.25, 0.3) is 0 Å². The molecule has 2 saturated heterocycles. The third-order valence-electron chi connectivity index (χ3n) is 13.9. The van der Waals surface area contributed by atoms with Crippen molar-refractivity contribution in [3.8, 4) is 0 Å². The molecule has 2 heterocycles. The summed E-state index contributed by atoms with van der Waals surface area (Å²) in [5.74, 6) is -0.905. The molecule has 2 N–H and O–H groups in total. The van der Waals surface area contributed by atoms with Crippen molar-refractivity contribution in [2.75, 3.05) is 13.2 Å². The Morgan fingerprint density at radius 3 is 1.33 bits per heavy atom. The van der Waals surface area contributed by atoms with E-state index >= 15 is 0 Å². The van der Waals surface area contributed by atoms with E-state index in [1.54, 1.807) is 8.87 Å². The van der Waals surface area contributed by atoms with Gasteiger partial charge in [-0.2, -0.15) is 0 Å². The summed E-state index contributed by atoms with van der Waals surface area (Å²) in [4.78, 5) is 0. The van der Waals surface area contributed by atoms with E-state index in [9.17, 15) is 10.2 Å².